The lowest BCUT2D eigenvalue weighted by Crippen LogP contribution is -2.35. The molecule has 142 valence electrons. The van der Waals surface area contributed by atoms with Gasteiger partial charge in [-0.2, -0.15) is 5.10 Å². The van der Waals surface area contributed by atoms with Crippen LogP contribution in [0.5, 0.6) is 0 Å². The van der Waals surface area contributed by atoms with E-state index in [0.717, 1.165) is 49.5 Å². The normalized spacial score (nSPS) is 18.2. The number of carbonyl (C=O) groups is 1. The molecule has 0 bridgehead atoms. The summed E-state index contributed by atoms with van der Waals surface area (Å²) in [6.07, 6.45) is 3.84. The molecule has 6 nitrogen and oxygen atoms in total. The van der Waals surface area contributed by atoms with Gasteiger partial charge in [-0.25, -0.2) is 0 Å². The maximum atomic E-state index is 11.1. The number of aromatic nitrogens is 2. The smallest absolute Gasteiger partial charge is 0.325 e. The molecule has 6 heteroatoms. The molecule has 1 saturated heterocycles. The molecule has 1 aliphatic rings. The Morgan fingerprint density at radius 3 is 3.00 bits per heavy atom. The van der Waals surface area contributed by atoms with Crippen molar-refractivity contribution in [3.05, 3.63) is 53.0 Å². The summed E-state index contributed by atoms with van der Waals surface area (Å²) in [4.78, 5) is 13.5. The molecule has 1 fully saturated rings. The summed E-state index contributed by atoms with van der Waals surface area (Å²) < 4.78 is 7.74. The lowest BCUT2D eigenvalue weighted by Gasteiger charge is -2.32. The second kappa shape index (κ2) is 7.19. The molecule has 0 aliphatic carbocycles. The Balaban J connectivity index is 1.52. The molecule has 1 aromatic carbocycles. The minimum atomic E-state index is -0.860. The van der Waals surface area contributed by atoms with Crippen LogP contribution in [0, 0.1) is 13.8 Å². The fraction of sp³-hybridized carbons (Fsp3) is 0.429. The monoisotopic (exact) mass is 367 g/mol. The minimum absolute atomic E-state index is 0.0825. The Labute approximate surface area is 158 Å². The highest BCUT2D eigenvalue weighted by Gasteiger charge is 2.26. The number of furan rings is 1. The Bertz CT molecular complexity index is 972. The maximum absolute atomic E-state index is 11.1. The highest BCUT2D eigenvalue weighted by molar-refractivity contribution is 5.82. The van der Waals surface area contributed by atoms with Crippen molar-refractivity contribution in [2.24, 2.45) is 0 Å². The fourth-order valence-corrected chi connectivity index (χ4v) is 4.13. The van der Waals surface area contributed by atoms with Gasteiger partial charge in [-0.1, -0.05) is 11.6 Å². The van der Waals surface area contributed by atoms with Crippen LogP contribution in [0.25, 0.3) is 11.0 Å². The van der Waals surface area contributed by atoms with E-state index in [9.17, 15) is 4.79 Å². The van der Waals surface area contributed by atoms with Crippen LogP contribution in [0.15, 0.2) is 34.9 Å². The molecule has 1 aliphatic heterocycles. The number of carboxylic acid groups (broad SMARTS) is 1. The Morgan fingerprint density at radius 1 is 1.33 bits per heavy atom. The van der Waals surface area contributed by atoms with Crippen LogP contribution in [0.1, 0.15) is 41.3 Å². The van der Waals surface area contributed by atoms with Crippen LogP contribution in [-0.2, 0) is 17.9 Å². The zero-order valence-electron chi connectivity index (χ0n) is 15.8. The fourth-order valence-electron chi connectivity index (χ4n) is 4.13. The molecule has 1 atom stereocenters. The van der Waals surface area contributed by atoms with E-state index in [2.05, 4.69) is 36.0 Å². The number of likely N-dealkylation sites (tertiary alicyclic amines) is 1. The van der Waals surface area contributed by atoms with E-state index in [1.165, 1.54) is 16.5 Å². The van der Waals surface area contributed by atoms with E-state index in [1.54, 1.807) is 10.9 Å². The number of carboxylic acids is 1. The molecule has 4 rings (SSSR count). The molecular weight excluding hydrogens is 342 g/mol. The molecule has 0 amide bonds. The van der Waals surface area contributed by atoms with Crippen molar-refractivity contribution in [1.82, 2.24) is 14.7 Å². The highest BCUT2D eigenvalue weighted by Crippen LogP contribution is 2.31. The Morgan fingerprint density at radius 2 is 2.19 bits per heavy atom. The first kappa shape index (κ1) is 17.8. The molecular formula is C21H25N3O3. The summed E-state index contributed by atoms with van der Waals surface area (Å²) in [5, 5.41) is 14.5. The third-order valence-corrected chi connectivity index (χ3v) is 5.52. The Kier molecular flexibility index (Phi) is 4.74. The lowest BCUT2D eigenvalue weighted by molar-refractivity contribution is -0.137. The van der Waals surface area contributed by atoms with Crippen LogP contribution in [0.2, 0.25) is 0 Å². The van der Waals surface area contributed by atoms with Crippen molar-refractivity contribution in [3.63, 3.8) is 0 Å². The average Bonchev–Trinajstić information content (AvgIpc) is 3.20. The number of aryl methyl sites for hydroxylation is 2. The first-order valence-electron chi connectivity index (χ1n) is 9.46. The number of rotatable bonds is 5. The lowest BCUT2D eigenvalue weighted by atomic mass is 9.94. The number of nitrogens with zero attached hydrogens (tertiary/aromatic N) is 3. The van der Waals surface area contributed by atoms with Crippen LogP contribution < -0.4 is 0 Å². The van der Waals surface area contributed by atoms with Gasteiger partial charge in [0.15, 0.2) is 0 Å². The van der Waals surface area contributed by atoms with Gasteiger partial charge in [-0.15, -0.1) is 0 Å². The molecule has 27 heavy (non-hydrogen) atoms. The molecule has 1 N–H and O–H groups in total. The van der Waals surface area contributed by atoms with E-state index in [-0.39, 0.29) is 6.54 Å². The van der Waals surface area contributed by atoms with Gasteiger partial charge >= 0.3 is 5.97 Å². The van der Waals surface area contributed by atoms with E-state index < -0.39 is 5.97 Å². The van der Waals surface area contributed by atoms with Crippen molar-refractivity contribution in [1.29, 1.82) is 0 Å². The quantitative estimate of drug-likeness (QED) is 0.744. The van der Waals surface area contributed by atoms with Crippen molar-refractivity contribution < 1.29 is 14.3 Å². The topological polar surface area (TPSA) is 71.5 Å². The first-order valence-corrected chi connectivity index (χ1v) is 9.46. The van der Waals surface area contributed by atoms with Gasteiger partial charge in [0.2, 0.25) is 0 Å². The van der Waals surface area contributed by atoms with Gasteiger partial charge in [-0.05, 0) is 57.0 Å². The summed E-state index contributed by atoms with van der Waals surface area (Å²) in [6.45, 7) is 6.84. The van der Waals surface area contributed by atoms with E-state index in [1.807, 2.05) is 12.1 Å². The van der Waals surface area contributed by atoms with Crippen molar-refractivity contribution in [3.8, 4) is 0 Å². The minimum Gasteiger partial charge on any atom is -0.480 e. The summed E-state index contributed by atoms with van der Waals surface area (Å²) in [5.41, 5.74) is 4.41. The molecule has 0 saturated carbocycles. The number of hydrogen-bond acceptors (Lipinski definition) is 4. The van der Waals surface area contributed by atoms with E-state index in [4.69, 9.17) is 9.52 Å². The second-order valence-corrected chi connectivity index (χ2v) is 7.53. The predicted molar refractivity (Wildman–Crippen MR) is 103 cm³/mol. The summed E-state index contributed by atoms with van der Waals surface area (Å²) in [5.74, 6) is 0.462. The summed E-state index contributed by atoms with van der Waals surface area (Å²) >= 11 is 0. The van der Waals surface area contributed by atoms with Crippen LogP contribution in [0.4, 0.5) is 0 Å². The number of hydrogen-bond donors (Lipinski definition) is 1. The van der Waals surface area contributed by atoms with Crippen molar-refractivity contribution >= 4 is 16.9 Å². The van der Waals surface area contributed by atoms with E-state index >= 15 is 0 Å². The van der Waals surface area contributed by atoms with Gasteiger partial charge in [0.25, 0.3) is 0 Å². The standard InChI is InChI=1S/C21H25N3O3/c1-14-5-6-19-17(10-14)15(2)20(27-19)12-23-9-3-4-16(11-23)18-7-8-22-24(18)13-21(25)26/h5-8,10,16H,3-4,9,11-13H2,1-2H3,(H,25,26)/t16-/m1/s1. The molecule has 3 heterocycles. The van der Waals surface area contributed by atoms with Crippen LogP contribution >= 0.6 is 0 Å². The van der Waals surface area contributed by atoms with Crippen LogP contribution in [-0.4, -0.2) is 38.8 Å². The molecule has 2 aromatic heterocycles. The zero-order chi connectivity index (χ0) is 19.0. The maximum Gasteiger partial charge on any atom is 0.325 e. The third kappa shape index (κ3) is 3.62. The largest absolute Gasteiger partial charge is 0.480 e. The van der Waals surface area contributed by atoms with Gasteiger partial charge in [0.1, 0.15) is 17.9 Å². The highest BCUT2D eigenvalue weighted by atomic mass is 16.4. The summed E-state index contributed by atoms with van der Waals surface area (Å²) in [7, 11) is 0. The average molecular weight is 367 g/mol. The molecule has 3 aromatic rings. The molecule has 0 spiro atoms. The van der Waals surface area contributed by atoms with Crippen LogP contribution in [0.3, 0.4) is 0 Å². The SMILES string of the molecule is Cc1ccc2oc(CN3CCC[C@@H](c4ccnn4CC(=O)O)C3)c(C)c2c1. The van der Waals surface area contributed by atoms with E-state index in [0.29, 0.717) is 5.92 Å². The number of aliphatic carboxylic acids is 1. The molecule has 0 radical (unpaired) electrons. The zero-order valence-corrected chi connectivity index (χ0v) is 15.8. The van der Waals surface area contributed by atoms with Gasteiger partial charge in [0, 0.05) is 29.7 Å². The summed E-state index contributed by atoms with van der Waals surface area (Å²) in [6, 6.07) is 8.26. The number of fused-ring (bicyclic) bond motifs is 1. The van der Waals surface area contributed by atoms with Crippen molar-refractivity contribution in [2.75, 3.05) is 13.1 Å². The van der Waals surface area contributed by atoms with Crippen molar-refractivity contribution in [2.45, 2.75) is 45.7 Å². The van der Waals surface area contributed by atoms with Gasteiger partial charge < -0.3 is 9.52 Å². The van der Waals surface area contributed by atoms with Gasteiger partial charge in [0.05, 0.1) is 6.54 Å². The number of piperidine rings is 1. The third-order valence-electron chi connectivity index (χ3n) is 5.52. The first-order chi connectivity index (χ1) is 13.0. The second-order valence-electron chi connectivity index (χ2n) is 7.53. The predicted octanol–water partition coefficient (Wildman–Crippen LogP) is 3.71. The molecule has 0 unspecified atom stereocenters. The number of benzene rings is 1. The van der Waals surface area contributed by atoms with Gasteiger partial charge in [-0.3, -0.25) is 14.4 Å². The Hall–Kier alpha value is -2.60.